The first-order chi connectivity index (χ1) is 12.3. The molecule has 1 aromatic carbocycles. The van der Waals surface area contributed by atoms with Crippen LogP contribution >= 0.6 is 0 Å². The molecule has 1 aliphatic rings. The van der Waals surface area contributed by atoms with Gasteiger partial charge in [-0.3, -0.25) is 9.78 Å². The third kappa shape index (κ3) is 3.28. The maximum Gasteiger partial charge on any atom is 0.253 e. The number of aromatic amines is 1. The van der Waals surface area contributed by atoms with Gasteiger partial charge in [-0.1, -0.05) is 24.3 Å². The number of nitrogens with one attached hydrogen (secondary N) is 2. The van der Waals surface area contributed by atoms with Gasteiger partial charge in [-0.25, -0.2) is 0 Å². The fraction of sp³-hybridized carbons (Fsp3) is 0.300. The molecule has 1 aliphatic heterocycles. The van der Waals surface area contributed by atoms with Gasteiger partial charge in [0.2, 0.25) is 0 Å². The molecule has 1 fully saturated rings. The molecule has 1 atom stereocenters. The molecule has 0 bridgehead atoms. The maximum absolute atomic E-state index is 13.0. The first kappa shape index (κ1) is 15.8. The number of ether oxygens (including phenoxy) is 1. The lowest BCUT2D eigenvalue weighted by Crippen LogP contribution is -2.36. The van der Waals surface area contributed by atoms with Crippen molar-refractivity contribution < 1.29 is 9.53 Å². The Morgan fingerprint density at radius 3 is 2.84 bits per heavy atom. The van der Waals surface area contributed by atoms with E-state index in [4.69, 9.17) is 4.74 Å². The number of fused-ring (bicyclic) bond motifs is 1. The molecule has 128 valence electrons. The molecular formula is C20H21N3O2. The van der Waals surface area contributed by atoms with E-state index in [0.717, 1.165) is 42.5 Å². The summed E-state index contributed by atoms with van der Waals surface area (Å²) in [6, 6.07) is 11.7. The second-order valence-corrected chi connectivity index (χ2v) is 6.44. The van der Waals surface area contributed by atoms with Crippen molar-refractivity contribution in [3.63, 3.8) is 0 Å². The number of benzene rings is 1. The molecule has 0 spiro atoms. The number of hydrogen-bond donors (Lipinski definition) is 2. The fourth-order valence-electron chi connectivity index (χ4n) is 3.56. The predicted molar refractivity (Wildman–Crippen MR) is 96.3 cm³/mol. The Bertz CT molecular complexity index is 854. The number of carbonyl (C=O) groups is 1. The van der Waals surface area contributed by atoms with Crippen LogP contribution in [-0.4, -0.2) is 29.1 Å². The van der Waals surface area contributed by atoms with E-state index in [1.807, 2.05) is 42.6 Å². The predicted octanol–water partition coefficient (Wildman–Crippen LogP) is 3.46. The molecule has 2 N–H and O–H groups in total. The van der Waals surface area contributed by atoms with Crippen molar-refractivity contribution in [2.75, 3.05) is 13.2 Å². The van der Waals surface area contributed by atoms with Crippen LogP contribution in [-0.2, 0) is 4.74 Å². The molecule has 2 aromatic heterocycles. The van der Waals surface area contributed by atoms with Crippen LogP contribution in [0.25, 0.3) is 10.9 Å². The number of nitrogens with zero attached hydrogens (tertiary/aromatic N) is 1. The van der Waals surface area contributed by atoms with Crippen LogP contribution in [0.5, 0.6) is 0 Å². The van der Waals surface area contributed by atoms with E-state index in [2.05, 4.69) is 15.3 Å². The summed E-state index contributed by atoms with van der Waals surface area (Å²) in [5.74, 6) is 0.296. The van der Waals surface area contributed by atoms with Crippen molar-refractivity contribution in [2.24, 2.45) is 5.92 Å². The SMILES string of the molecule is O=C(N[C@@H](c1cccnc1)C1CCOCC1)c1c[nH]c2ccccc12. The second kappa shape index (κ2) is 7.07. The summed E-state index contributed by atoms with van der Waals surface area (Å²) >= 11 is 0. The zero-order valence-electron chi connectivity index (χ0n) is 13.9. The van der Waals surface area contributed by atoms with E-state index < -0.39 is 0 Å². The van der Waals surface area contributed by atoms with Gasteiger partial charge in [-0.15, -0.1) is 0 Å². The molecule has 0 unspecified atom stereocenters. The van der Waals surface area contributed by atoms with E-state index in [1.54, 1.807) is 12.4 Å². The number of rotatable bonds is 4. The van der Waals surface area contributed by atoms with E-state index in [-0.39, 0.29) is 11.9 Å². The highest BCUT2D eigenvalue weighted by Gasteiger charge is 2.28. The molecule has 5 heteroatoms. The Morgan fingerprint density at radius 2 is 2.04 bits per heavy atom. The Kier molecular flexibility index (Phi) is 4.48. The van der Waals surface area contributed by atoms with Crippen LogP contribution in [0.1, 0.15) is 34.8 Å². The second-order valence-electron chi connectivity index (χ2n) is 6.44. The molecule has 0 radical (unpaired) electrons. The normalized spacial score (nSPS) is 16.6. The number of aromatic nitrogens is 2. The first-order valence-corrected chi connectivity index (χ1v) is 8.67. The summed E-state index contributed by atoms with van der Waals surface area (Å²) < 4.78 is 5.49. The lowest BCUT2D eigenvalue weighted by molar-refractivity contribution is 0.0514. The van der Waals surface area contributed by atoms with Crippen molar-refractivity contribution in [1.82, 2.24) is 15.3 Å². The molecule has 25 heavy (non-hydrogen) atoms. The van der Waals surface area contributed by atoms with Crippen molar-refractivity contribution in [3.8, 4) is 0 Å². The molecule has 3 heterocycles. The maximum atomic E-state index is 13.0. The lowest BCUT2D eigenvalue weighted by Gasteiger charge is -2.31. The standard InChI is InChI=1S/C20H21N3O2/c24-20(17-13-22-18-6-2-1-5-16(17)18)23-19(14-7-10-25-11-8-14)15-4-3-9-21-12-15/h1-6,9,12-14,19,22H,7-8,10-11H2,(H,23,24)/t19-/m1/s1. The summed E-state index contributed by atoms with van der Waals surface area (Å²) in [5, 5.41) is 4.18. The molecule has 0 aliphatic carbocycles. The number of H-pyrrole nitrogens is 1. The number of hydrogen-bond acceptors (Lipinski definition) is 3. The molecule has 0 saturated carbocycles. The first-order valence-electron chi connectivity index (χ1n) is 8.67. The average molecular weight is 335 g/mol. The fourth-order valence-corrected chi connectivity index (χ4v) is 3.56. The Labute approximate surface area is 146 Å². The quantitative estimate of drug-likeness (QED) is 0.767. The minimum atomic E-state index is -0.0576. The summed E-state index contributed by atoms with van der Waals surface area (Å²) in [6.45, 7) is 1.48. The van der Waals surface area contributed by atoms with Gasteiger partial charge in [-0.05, 0) is 36.5 Å². The van der Waals surface area contributed by atoms with Gasteiger partial charge < -0.3 is 15.0 Å². The van der Waals surface area contributed by atoms with Crippen LogP contribution < -0.4 is 5.32 Å². The van der Waals surface area contributed by atoms with Gasteiger partial charge in [0.15, 0.2) is 0 Å². The number of amides is 1. The summed E-state index contributed by atoms with van der Waals surface area (Å²) in [7, 11) is 0. The Morgan fingerprint density at radius 1 is 1.20 bits per heavy atom. The lowest BCUT2D eigenvalue weighted by atomic mass is 9.87. The molecular weight excluding hydrogens is 314 g/mol. The highest BCUT2D eigenvalue weighted by Crippen LogP contribution is 2.30. The minimum absolute atomic E-state index is 0.0567. The van der Waals surface area contributed by atoms with Crippen LogP contribution in [0, 0.1) is 5.92 Å². The van der Waals surface area contributed by atoms with Crippen LogP contribution in [0.3, 0.4) is 0 Å². The van der Waals surface area contributed by atoms with Crippen LogP contribution in [0.15, 0.2) is 55.0 Å². The zero-order valence-corrected chi connectivity index (χ0v) is 13.9. The number of carbonyl (C=O) groups excluding carboxylic acids is 1. The third-order valence-electron chi connectivity index (χ3n) is 4.90. The monoisotopic (exact) mass is 335 g/mol. The highest BCUT2D eigenvalue weighted by molar-refractivity contribution is 6.06. The van der Waals surface area contributed by atoms with Gasteiger partial charge in [0, 0.05) is 42.7 Å². The summed E-state index contributed by atoms with van der Waals surface area (Å²) in [4.78, 5) is 20.4. The van der Waals surface area contributed by atoms with E-state index in [1.165, 1.54) is 0 Å². The van der Waals surface area contributed by atoms with E-state index >= 15 is 0 Å². The third-order valence-corrected chi connectivity index (χ3v) is 4.90. The highest BCUT2D eigenvalue weighted by atomic mass is 16.5. The van der Waals surface area contributed by atoms with Gasteiger partial charge in [0.1, 0.15) is 0 Å². The van der Waals surface area contributed by atoms with Crippen molar-refractivity contribution >= 4 is 16.8 Å². The van der Waals surface area contributed by atoms with Crippen LogP contribution in [0.2, 0.25) is 0 Å². The molecule has 1 amide bonds. The summed E-state index contributed by atoms with van der Waals surface area (Å²) in [5.41, 5.74) is 2.69. The Hall–Kier alpha value is -2.66. The van der Waals surface area contributed by atoms with Gasteiger partial charge in [0.05, 0.1) is 11.6 Å². The molecule has 4 rings (SSSR count). The van der Waals surface area contributed by atoms with E-state index in [9.17, 15) is 4.79 Å². The zero-order chi connectivity index (χ0) is 17.1. The van der Waals surface area contributed by atoms with Gasteiger partial charge in [0.25, 0.3) is 5.91 Å². The minimum Gasteiger partial charge on any atom is -0.381 e. The smallest absolute Gasteiger partial charge is 0.253 e. The van der Waals surface area contributed by atoms with Gasteiger partial charge >= 0.3 is 0 Å². The van der Waals surface area contributed by atoms with Gasteiger partial charge in [-0.2, -0.15) is 0 Å². The topological polar surface area (TPSA) is 67.0 Å². The van der Waals surface area contributed by atoms with Crippen molar-refractivity contribution in [1.29, 1.82) is 0 Å². The Balaban J connectivity index is 1.62. The average Bonchev–Trinajstić information content (AvgIpc) is 3.11. The van der Waals surface area contributed by atoms with Crippen LogP contribution in [0.4, 0.5) is 0 Å². The number of para-hydroxylation sites is 1. The summed E-state index contributed by atoms with van der Waals surface area (Å²) in [6.07, 6.45) is 7.26. The number of pyridine rings is 1. The molecule has 3 aromatic rings. The van der Waals surface area contributed by atoms with Crippen molar-refractivity contribution in [2.45, 2.75) is 18.9 Å². The molecule has 1 saturated heterocycles. The van der Waals surface area contributed by atoms with Crippen molar-refractivity contribution in [3.05, 3.63) is 66.1 Å². The van der Waals surface area contributed by atoms with E-state index in [0.29, 0.717) is 11.5 Å². The largest absolute Gasteiger partial charge is 0.381 e. The molecule has 5 nitrogen and oxygen atoms in total.